The molecule has 9 heteroatoms. The molecule has 1 aromatic heterocycles. The van der Waals surface area contributed by atoms with Crippen molar-refractivity contribution in [2.45, 2.75) is 58.7 Å². The number of pyridine rings is 1. The standard InChI is InChI=1S/C21H33F3N4O2/c1-3-25-19(28-15-20(9-5-6-10-20)11-13-29-4-2)27-14-17-8-7-12-26-18(17)30-16-21(22,23)24/h7-8,12H,3-6,9-11,13-16H2,1-2H3,(H2,25,27,28). The fraction of sp³-hybridized carbons (Fsp3) is 0.714. The molecule has 1 aromatic rings. The summed E-state index contributed by atoms with van der Waals surface area (Å²) in [6.45, 7) is 5.71. The van der Waals surface area contributed by atoms with E-state index in [4.69, 9.17) is 9.47 Å². The van der Waals surface area contributed by atoms with Gasteiger partial charge < -0.3 is 20.1 Å². The van der Waals surface area contributed by atoms with Gasteiger partial charge in [-0.15, -0.1) is 0 Å². The molecule has 0 bridgehead atoms. The Bertz CT molecular complexity index is 662. The molecule has 0 amide bonds. The summed E-state index contributed by atoms with van der Waals surface area (Å²) in [7, 11) is 0. The highest BCUT2D eigenvalue weighted by Gasteiger charge is 2.33. The third-order valence-corrected chi connectivity index (χ3v) is 5.25. The molecule has 1 fully saturated rings. The zero-order valence-corrected chi connectivity index (χ0v) is 17.9. The second-order valence-corrected chi connectivity index (χ2v) is 7.57. The van der Waals surface area contributed by atoms with Crippen LogP contribution >= 0.6 is 0 Å². The normalized spacial score (nSPS) is 16.5. The molecule has 30 heavy (non-hydrogen) atoms. The van der Waals surface area contributed by atoms with Crippen molar-refractivity contribution in [1.29, 1.82) is 0 Å². The summed E-state index contributed by atoms with van der Waals surface area (Å²) >= 11 is 0. The fourth-order valence-corrected chi connectivity index (χ4v) is 3.67. The Balaban J connectivity index is 2.00. The van der Waals surface area contributed by atoms with Gasteiger partial charge in [0.1, 0.15) is 0 Å². The minimum absolute atomic E-state index is 0.0431. The van der Waals surface area contributed by atoms with Gasteiger partial charge in [0.25, 0.3) is 0 Å². The van der Waals surface area contributed by atoms with Crippen molar-refractivity contribution < 1.29 is 22.6 Å². The summed E-state index contributed by atoms with van der Waals surface area (Å²) in [5.74, 6) is 0.587. The molecule has 1 aliphatic carbocycles. The van der Waals surface area contributed by atoms with Crippen molar-refractivity contribution in [1.82, 2.24) is 15.6 Å². The zero-order chi connectivity index (χ0) is 21.9. The summed E-state index contributed by atoms with van der Waals surface area (Å²) in [6.07, 6.45) is 2.75. The molecule has 0 saturated heterocycles. The van der Waals surface area contributed by atoms with Gasteiger partial charge in [-0.1, -0.05) is 18.9 Å². The average molecular weight is 431 g/mol. The van der Waals surface area contributed by atoms with Crippen LogP contribution in [-0.4, -0.2) is 50.0 Å². The van der Waals surface area contributed by atoms with E-state index in [0.717, 1.165) is 39.0 Å². The van der Waals surface area contributed by atoms with E-state index in [1.807, 2.05) is 13.8 Å². The van der Waals surface area contributed by atoms with Gasteiger partial charge in [0.2, 0.25) is 5.88 Å². The molecule has 0 aromatic carbocycles. The molecular formula is C21H33F3N4O2. The van der Waals surface area contributed by atoms with Crippen LogP contribution in [0.5, 0.6) is 5.88 Å². The van der Waals surface area contributed by atoms with Crippen molar-refractivity contribution >= 4 is 5.96 Å². The number of nitrogens with one attached hydrogen (secondary N) is 2. The summed E-state index contributed by atoms with van der Waals surface area (Å²) in [5.41, 5.74) is 0.701. The van der Waals surface area contributed by atoms with Gasteiger partial charge in [0.05, 0.1) is 6.54 Å². The van der Waals surface area contributed by atoms with Crippen molar-refractivity contribution in [2.24, 2.45) is 10.4 Å². The minimum Gasteiger partial charge on any atom is -0.468 e. The van der Waals surface area contributed by atoms with Crippen molar-refractivity contribution in [2.75, 3.05) is 32.9 Å². The third-order valence-electron chi connectivity index (χ3n) is 5.25. The van der Waals surface area contributed by atoms with Crippen LogP contribution in [0.25, 0.3) is 0 Å². The zero-order valence-electron chi connectivity index (χ0n) is 17.9. The Kier molecular flexibility index (Phi) is 9.68. The number of rotatable bonds is 11. The summed E-state index contributed by atoms with van der Waals surface area (Å²) in [6, 6.07) is 3.33. The smallest absolute Gasteiger partial charge is 0.422 e. The van der Waals surface area contributed by atoms with Gasteiger partial charge in [-0.05, 0) is 44.6 Å². The van der Waals surface area contributed by atoms with Gasteiger partial charge in [0.15, 0.2) is 12.6 Å². The van der Waals surface area contributed by atoms with E-state index in [2.05, 4.69) is 20.6 Å². The number of halogens is 3. The van der Waals surface area contributed by atoms with E-state index in [9.17, 15) is 13.2 Å². The summed E-state index contributed by atoms with van der Waals surface area (Å²) in [4.78, 5) is 8.46. The van der Waals surface area contributed by atoms with Gasteiger partial charge in [-0.2, -0.15) is 13.2 Å². The van der Waals surface area contributed by atoms with Crippen LogP contribution < -0.4 is 15.4 Å². The Morgan fingerprint density at radius 3 is 2.67 bits per heavy atom. The van der Waals surface area contributed by atoms with Crippen molar-refractivity contribution in [3.8, 4) is 5.88 Å². The molecule has 2 rings (SSSR count). The molecule has 0 aliphatic heterocycles. The van der Waals surface area contributed by atoms with Crippen molar-refractivity contribution in [3.63, 3.8) is 0 Å². The lowest BCUT2D eigenvalue weighted by atomic mass is 9.83. The van der Waals surface area contributed by atoms with E-state index >= 15 is 0 Å². The Morgan fingerprint density at radius 2 is 2.00 bits per heavy atom. The number of aliphatic imine (C=N–C) groups is 1. The lowest BCUT2D eigenvalue weighted by molar-refractivity contribution is -0.154. The lowest BCUT2D eigenvalue weighted by Gasteiger charge is -2.30. The molecule has 6 nitrogen and oxygen atoms in total. The molecule has 1 heterocycles. The molecule has 170 valence electrons. The molecule has 2 N–H and O–H groups in total. The Hall–Kier alpha value is -2.03. The first-order valence-electron chi connectivity index (χ1n) is 10.6. The number of aromatic nitrogens is 1. The maximum atomic E-state index is 12.5. The topological polar surface area (TPSA) is 67.8 Å². The molecule has 0 spiro atoms. The molecule has 0 atom stereocenters. The van der Waals surface area contributed by atoms with E-state index in [-0.39, 0.29) is 17.8 Å². The number of hydrogen-bond acceptors (Lipinski definition) is 4. The number of alkyl halides is 3. The lowest BCUT2D eigenvalue weighted by Crippen LogP contribution is -2.43. The van der Waals surface area contributed by atoms with E-state index in [1.54, 1.807) is 12.1 Å². The molecule has 1 aliphatic rings. The predicted molar refractivity (Wildman–Crippen MR) is 111 cm³/mol. The molecular weight excluding hydrogens is 397 g/mol. The summed E-state index contributed by atoms with van der Waals surface area (Å²) < 4.78 is 47.8. The largest absolute Gasteiger partial charge is 0.468 e. The minimum atomic E-state index is -4.41. The van der Waals surface area contributed by atoms with Crippen LogP contribution in [0.15, 0.2) is 23.3 Å². The predicted octanol–water partition coefficient (Wildman–Crippen LogP) is 4.06. The Labute approximate surface area is 176 Å². The maximum absolute atomic E-state index is 12.5. The van der Waals surface area contributed by atoms with Crippen LogP contribution in [0.4, 0.5) is 13.2 Å². The molecule has 0 unspecified atom stereocenters. The number of guanidine groups is 1. The van der Waals surface area contributed by atoms with Crippen molar-refractivity contribution in [3.05, 3.63) is 23.9 Å². The molecule has 1 saturated carbocycles. The highest BCUT2D eigenvalue weighted by Crippen LogP contribution is 2.40. The first kappa shape index (κ1) is 24.2. The summed E-state index contributed by atoms with van der Waals surface area (Å²) in [5, 5.41) is 6.62. The maximum Gasteiger partial charge on any atom is 0.422 e. The monoisotopic (exact) mass is 430 g/mol. The fourth-order valence-electron chi connectivity index (χ4n) is 3.67. The van der Waals surface area contributed by atoms with Crippen LogP contribution in [0.1, 0.15) is 51.5 Å². The van der Waals surface area contributed by atoms with Gasteiger partial charge >= 0.3 is 6.18 Å². The van der Waals surface area contributed by atoms with Gasteiger partial charge in [-0.3, -0.25) is 0 Å². The second kappa shape index (κ2) is 12.0. The number of nitrogens with zero attached hydrogens (tertiary/aromatic N) is 2. The van der Waals surface area contributed by atoms with E-state index < -0.39 is 12.8 Å². The highest BCUT2D eigenvalue weighted by atomic mass is 19.4. The first-order chi connectivity index (χ1) is 14.4. The van der Waals surface area contributed by atoms with Gasteiger partial charge in [-0.25, -0.2) is 9.98 Å². The number of ether oxygens (including phenoxy) is 2. The first-order valence-corrected chi connectivity index (χ1v) is 10.6. The van der Waals surface area contributed by atoms with Gasteiger partial charge in [0, 0.05) is 38.1 Å². The van der Waals surface area contributed by atoms with Crippen LogP contribution in [0.3, 0.4) is 0 Å². The highest BCUT2D eigenvalue weighted by molar-refractivity contribution is 5.79. The van der Waals surface area contributed by atoms with E-state index in [1.165, 1.54) is 19.0 Å². The van der Waals surface area contributed by atoms with Crippen LogP contribution in [-0.2, 0) is 11.3 Å². The van der Waals surface area contributed by atoms with Crippen LogP contribution in [0, 0.1) is 5.41 Å². The third kappa shape index (κ3) is 8.38. The average Bonchev–Trinajstić information content (AvgIpc) is 3.18. The second-order valence-electron chi connectivity index (χ2n) is 7.57. The van der Waals surface area contributed by atoms with E-state index in [0.29, 0.717) is 18.1 Å². The number of hydrogen-bond donors (Lipinski definition) is 2. The quantitative estimate of drug-likeness (QED) is 0.315. The molecule has 0 radical (unpaired) electrons. The SMILES string of the molecule is CCNC(=NCc1cccnc1OCC(F)(F)F)NCC1(CCOCC)CCCC1. The van der Waals surface area contributed by atoms with Crippen LogP contribution in [0.2, 0.25) is 0 Å². The Morgan fingerprint density at radius 1 is 1.23 bits per heavy atom.